The minimum Gasteiger partial charge on any atom is -0.465 e. The van der Waals surface area contributed by atoms with Gasteiger partial charge in [0.15, 0.2) is 0 Å². The molecule has 0 radical (unpaired) electrons. The number of carbonyl (C=O) groups excluding carboxylic acids is 1. The van der Waals surface area contributed by atoms with Crippen LogP contribution < -0.4 is 5.32 Å². The maximum Gasteiger partial charge on any atom is 0.401 e. The van der Waals surface area contributed by atoms with Gasteiger partial charge in [-0.05, 0) is 20.3 Å². The molecule has 0 aromatic carbocycles. The van der Waals surface area contributed by atoms with Gasteiger partial charge in [0.25, 0.3) is 0 Å². The Morgan fingerprint density at radius 1 is 1.16 bits per heavy atom. The van der Waals surface area contributed by atoms with E-state index in [2.05, 4.69) is 5.32 Å². The second kappa shape index (κ2) is 8.40. The van der Waals surface area contributed by atoms with E-state index < -0.39 is 24.2 Å². The van der Waals surface area contributed by atoms with Crippen LogP contribution in [0.15, 0.2) is 0 Å². The third-order valence-corrected chi connectivity index (χ3v) is 2.94. The van der Waals surface area contributed by atoms with Crippen LogP contribution in [0, 0.1) is 0 Å². The van der Waals surface area contributed by atoms with Crippen molar-refractivity contribution in [2.75, 3.05) is 13.2 Å². The zero-order valence-electron chi connectivity index (χ0n) is 11.9. The molecular weight excluding hydrogens is 259 g/mol. The molecule has 0 rings (SSSR count). The molecular formula is C13H24F3NO2. The van der Waals surface area contributed by atoms with Gasteiger partial charge in [0.2, 0.25) is 0 Å². The lowest BCUT2D eigenvalue weighted by atomic mass is 9.94. The highest BCUT2D eigenvalue weighted by Crippen LogP contribution is 2.20. The summed E-state index contributed by atoms with van der Waals surface area (Å²) in [5, 5.41) is 2.30. The fourth-order valence-corrected chi connectivity index (χ4v) is 1.75. The lowest BCUT2D eigenvalue weighted by Gasteiger charge is -2.29. The van der Waals surface area contributed by atoms with Crippen molar-refractivity contribution < 1.29 is 22.7 Å². The molecule has 0 spiro atoms. The van der Waals surface area contributed by atoms with Crippen molar-refractivity contribution in [2.24, 2.45) is 0 Å². The van der Waals surface area contributed by atoms with E-state index in [4.69, 9.17) is 4.74 Å². The second-order valence-corrected chi connectivity index (χ2v) is 4.83. The third-order valence-electron chi connectivity index (χ3n) is 2.94. The molecule has 6 heteroatoms. The van der Waals surface area contributed by atoms with Gasteiger partial charge in [0.05, 0.1) is 13.2 Å². The molecule has 0 aromatic rings. The third kappa shape index (κ3) is 8.08. The Labute approximate surface area is 112 Å². The summed E-state index contributed by atoms with van der Waals surface area (Å²) < 4.78 is 41.7. The van der Waals surface area contributed by atoms with Crippen molar-refractivity contribution in [3.8, 4) is 0 Å². The first kappa shape index (κ1) is 18.2. The molecule has 0 saturated heterocycles. The monoisotopic (exact) mass is 283 g/mol. The predicted molar refractivity (Wildman–Crippen MR) is 67.9 cm³/mol. The highest BCUT2D eigenvalue weighted by molar-refractivity contribution is 5.80. The molecule has 0 aliphatic heterocycles. The van der Waals surface area contributed by atoms with E-state index in [1.807, 2.05) is 6.92 Å². The Morgan fingerprint density at radius 2 is 1.79 bits per heavy atom. The topological polar surface area (TPSA) is 38.3 Å². The van der Waals surface area contributed by atoms with Gasteiger partial charge in [-0.15, -0.1) is 0 Å². The molecule has 0 aliphatic rings. The number of halogens is 3. The molecule has 0 bridgehead atoms. The standard InChI is InChI=1S/C13H24F3NO2/c1-4-6-7-8-9-12(3,11(18)19-5-2)17-10-13(14,15)16/h17H,4-10H2,1-3H3. The summed E-state index contributed by atoms with van der Waals surface area (Å²) in [5.74, 6) is -0.615. The fraction of sp³-hybridized carbons (Fsp3) is 0.923. The molecule has 0 saturated carbocycles. The molecule has 1 atom stereocenters. The van der Waals surface area contributed by atoms with Crippen molar-refractivity contribution >= 4 is 5.97 Å². The molecule has 0 heterocycles. The van der Waals surface area contributed by atoms with Crippen LogP contribution in [-0.2, 0) is 9.53 Å². The number of unbranched alkanes of at least 4 members (excludes halogenated alkanes) is 3. The molecule has 3 nitrogen and oxygen atoms in total. The summed E-state index contributed by atoms with van der Waals surface area (Å²) in [5.41, 5.74) is -1.26. The lowest BCUT2D eigenvalue weighted by Crippen LogP contribution is -2.53. The van der Waals surface area contributed by atoms with E-state index in [1.165, 1.54) is 6.92 Å². The molecule has 0 aromatic heterocycles. The zero-order valence-corrected chi connectivity index (χ0v) is 11.9. The molecule has 114 valence electrons. The van der Waals surface area contributed by atoms with E-state index in [0.29, 0.717) is 12.8 Å². The summed E-state index contributed by atoms with van der Waals surface area (Å²) in [4.78, 5) is 11.8. The van der Waals surface area contributed by atoms with Gasteiger partial charge in [0, 0.05) is 0 Å². The first-order valence-corrected chi connectivity index (χ1v) is 6.74. The highest BCUT2D eigenvalue weighted by atomic mass is 19.4. The van der Waals surface area contributed by atoms with Gasteiger partial charge >= 0.3 is 12.1 Å². The van der Waals surface area contributed by atoms with Gasteiger partial charge < -0.3 is 4.74 Å². The van der Waals surface area contributed by atoms with E-state index in [1.54, 1.807) is 6.92 Å². The largest absolute Gasteiger partial charge is 0.465 e. The number of hydrogen-bond acceptors (Lipinski definition) is 3. The molecule has 0 fully saturated rings. The van der Waals surface area contributed by atoms with E-state index >= 15 is 0 Å². The van der Waals surface area contributed by atoms with Crippen molar-refractivity contribution in [2.45, 2.75) is 64.6 Å². The Bertz CT molecular complexity index is 269. The number of nitrogens with one attached hydrogen (secondary N) is 1. The zero-order chi connectivity index (χ0) is 14.9. The van der Waals surface area contributed by atoms with Gasteiger partial charge in [0.1, 0.15) is 5.54 Å². The van der Waals surface area contributed by atoms with Gasteiger partial charge in [-0.1, -0.05) is 32.6 Å². The summed E-state index contributed by atoms with van der Waals surface area (Å²) >= 11 is 0. The molecule has 1 N–H and O–H groups in total. The Hall–Kier alpha value is -0.780. The van der Waals surface area contributed by atoms with Crippen molar-refractivity contribution in [3.63, 3.8) is 0 Å². The lowest BCUT2D eigenvalue weighted by molar-refractivity contribution is -0.155. The van der Waals surface area contributed by atoms with Crippen LogP contribution in [0.4, 0.5) is 13.2 Å². The summed E-state index contributed by atoms with van der Waals surface area (Å²) in [6.07, 6.45) is -0.337. The second-order valence-electron chi connectivity index (χ2n) is 4.83. The number of rotatable bonds is 9. The fourth-order valence-electron chi connectivity index (χ4n) is 1.75. The number of ether oxygens (including phenoxy) is 1. The van der Waals surface area contributed by atoms with Crippen LogP contribution in [-0.4, -0.2) is 30.8 Å². The molecule has 0 amide bonds. The first-order chi connectivity index (χ1) is 8.75. The maximum atomic E-state index is 12.3. The average molecular weight is 283 g/mol. The molecule has 1 unspecified atom stereocenters. The first-order valence-electron chi connectivity index (χ1n) is 6.74. The van der Waals surface area contributed by atoms with Crippen molar-refractivity contribution in [1.29, 1.82) is 0 Å². The Kier molecular flexibility index (Phi) is 8.06. The maximum absolute atomic E-state index is 12.3. The van der Waals surface area contributed by atoms with Crippen LogP contribution >= 0.6 is 0 Å². The van der Waals surface area contributed by atoms with Crippen LogP contribution in [0.3, 0.4) is 0 Å². The molecule has 0 aliphatic carbocycles. The van der Waals surface area contributed by atoms with Crippen molar-refractivity contribution in [3.05, 3.63) is 0 Å². The number of esters is 1. The minimum absolute atomic E-state index is 0.164. The van der Waals surface area contributed by atoms with Crippen LogP contribution in [0.25, 0.3) is 0 Å². The Balaban J connectivity index is 4.48. The quantitative estimate of drug-likeness (QED) is 0.520. The van der Waals surface area contributed by atoms with E-state index in [9.17, 15) is 18.0 Å². The Morgan fingerprint density at radius 3 is 2.26 bits per heavy atom. The average Bonchev–Trinajstić information content (AvgIpc) is 2.32. The number of alkyl halides is 3. The van der Waals surface area contributed by atoms with E-state index in [0.717, 1.165) is 19.3 Å². The van der Waals surface area contributed by atoms with Gasteiger partial charge in [-0.3, -0.25) is 10.1 Å². The summed E-state index contributed by atoms with van der Waals surface area (Å²) in [7, 11) is 0. The minimum atomic E-state index is -4.34. The highest BCUT2D eigenvalue weighted by Gasteiger charge is 2.38. The SMILES string of the molecule is CCCCCCC(C)(NCC(F)(F)F)C(=O)OCC. The number of hydrogen-bond donors (Lipinski definition) is 1. The van der Waals surface area contributed by atoms with Crippen LogP contribution in [0.1, 0.15) is 52.9 Å². The van der Waals surface area contributed by atoms with Crippen molar-refractivity contribution in [1.82, 2.24) is 5.32 Å². The summed E-state index contributed by atoms with van der Waals surface area (Å²) in [6.45, 7) is 4.14. The summed E-state index contributed by atoms with van der Waals surface area (Å²) in [6, 6.07) is 0. The normalized spacial score (nSPS) is 15.1. The predicted octanol–water partition coefficient (Wildman–Crippen LogP) is 3.43. The van der Waals surface area contributed by atoms with Gasteiger partial charge in [-0.2, -0.15) is 13.2 Å². The number of carbonyl (C=O) groups is 1. The van der Waals surface area contributed by atoms with Crippen LogP contribution in [0.5, 0.6) is 0 Å². The smallest absolute Gasteiger partial charge is 0.401 e. The van der Waals surface area contributed by atoms with Gasteiger partial charge in [-0.25, -0.2) is 0 Å². The van der Waals surface area contributed by atoms with Crippen LogP contribution in [0.2, 0.25) is 0 Å². The van der Waals surface area contributed by atoms with E-state index in [-0.39, 0.29) is 6.61 Å². The molecule has 19 heavy (non-hydrogen) atoms.